The van der Waals surface area contributed by atoms with E-state index in [1.807, 2.05) is 26.8 Å². The number of hydrogen-bond acceptors (Lipinski definition) is 4. The van der Waals surface area contributed by atoms with Crippen molar-refractivity contribution >= 4 is 39.2 Å². The van der Waals surface area contributed by atoms with Crippen LogP contribution in [0.3, 0.4) is 0 Å². The van der Waals surface area contributed by atoms with E-state index in [2.05, 4.69) is 26.6 Å². The third-order valence-electron chi connectivity index (χ3n) is 4.37. The van der Waals surface area contributed by atoms with Gasteiger partial charge in [-0.05, 0) is 55.0 Å². The third kappa shape index (κ3) is 3.96. The molecule has 1 aliphatic heterocycles. The molecule has 0 saturated carbocycles. The molecule has 1 aromatic carbocycles. The Kier molecular flexibility index (Phi) is 6.88. The fourth-order valence-electron chi connectivity index (χ4n) is 3.00. The molecule has 1 amide bonds. The number of likely N-dealkylation sites (N-methyl/N-ethyl adjacent to an activating group) is 1. The maximum atomic E-state index is 13.1. The Labute approximate surface area is 168 Å². The topological polar surface area (TPSA) is 62.8 Å². The van der Waals surface area contributed by atoms with Crippen molar-refractivity contribution in [1.29, 1.82) is 0 Å². The summed E-state index contributed by atoms with van der Waals surface area (Å²) in [6.07, 6.45) is 0. The van der Waals surface area contributed by atoms with Crippen LogP contribution in [0.15, 0.2) is 27.9 Å². The van der Waals surface area contributed by atoms with E-state index < -0.39 is 6.04 Å². The van der Waals surface area contributed by atoms with Crippen LogP contribution >= 0.6 is 28.1 Å². The number of halogens is 1. The molecule has 0 aromatic heterocycles. The van der Waals surface area contributed by atoms with Gasteiger partial charge < -0.3 is 25.0 Å². The number of thiocarbonyl (C=S) groups is 1. The van der Waals surface area contributed by atoms with Gasteiger partial charge in [0.15, 0.2) is 5.11 Å². The molecule has 0 bridgehead atoms. The Morgan fingerprint density at radius 1 is 1.23 bits per heavy atom. The Morgan fingerprint density at radius 3 is 2.38 bits per heavy atom. The van der Waals surface area contributed by atoms with Crippen LogP contribution in [0, 0.1) is 0 Å². The monoisotopic (exact) mass is 441 g/mol. The van der Waals surface area contributed by atoms with Crippen LogP contribution in [-0.4, -0.2) is 43.2 Å². The summed E-state index contributed by atoms with van der Waals surface area (Å²) in [6.45, 7) is 7.05. The number of hydrogen-bond donors (Lipinski definition) is 2. The second-order valence-electron chi connectivity index (χ2n) is 5.78. The number of nitrogens with one attached hydrogen (secondary N) is 2. The highest BCUT2D eigenvalue weighted by atomic mass is 79.9. The molecule has 142 valence electrons. The molecule has 8 heteroatoms. The standard InChI is InChI=1S/C18H24BrN3O3S/c1-6-22(7-2)17(23)15-10(3)20-18(26)21-16(15)11-8-12(19)14(25-5)9-13(11)24-4/h8-9,16H,6-7H2,1-5H3,(H2,20,21,26)/t16-/m1/s1. The number of carbonyl (C=O) groups is 1. The molecule has 1 aromatic rings. The van der Waals surface area contributed by atoms with Crippen molar-refractivity contribution in [3.8, 4) is 11.5 Å². The second kappa shape index (κ2) is 8.73. The zero-order chi connectivity index (χ0) is 19.4. The molecule has 1 atom stereocenters. The van der Waals surface area contributed by atoms with Crippen LogP contribution in [0.25, 0.3) is 0 Å². The minimum absolute atomic E-state index is 0.0333. The molecule has 0 saturated heterocycles. The Bertz CT molecular complexity index is 747. The van der Waals surface area contributed by atoms with Gasteiger partial charge in [0.2, 0.25) is 0 Å². The molecule has 0 radical (unpaired) electrons. The van der Waals surface area contributed by atoms with E-state index in [4.69, 9.17) is 21.7 Å². The Hall–Kier alpha value is -1.80. The van der Waals surface area contributed by atoms with Gasteiger partial charge in [0.1, 0.15) is 11.5 Å². The summed E-state index contributed by atoms with van der Waals surface area (Å²) >= 11 is 8.84. The number of methoxy groups -OCH3 is 2. The lowest BCUT2D eigenvalue weighted by atomic mass is 9.93. The first kappa shape index (κ1) is 20.5. The van der Waals surface area contributed by atoms with E-state index >= 15 is 0 Å². The predicted octanol–water partition coefficient (Wildman–Crippen LogP) is 3.13. The average Bonchev–Trinajstić information content (AvgIpc) is 2.61. The van der Waals surface area contributed by atoms with E-state index in [1.165, 1.54) is 0 Å². The zero-order valence-corrected chi connectivity index (χ0v) is 18.0. The van der Waals surface area contributed by atoms with Gasteiger partial charge in [-0.25, -0.2) is 0 Å². The first-order valence-corrected chi connectivity index (χ1v) is 9.56. The number of amides is 1. The fraction of sp³-hybridized carbons (Fsp3) is 0.444. The average molecular weight is 442 g/mol. The van der Waals surface area contributed by atoms with Gasteiger partial charge in [0.05, 0.1) is 30.3 Å². The van der Waals surface area contributed by atoms with Gasteiger partial charge in [-0.2, -0.15) is 0 Å². The van der Waals surface area contributed by atoms with Crippen LogP contribution in [-0.2, 0) is 4.79 Å². The summed E-state index contributed by atoms with van der Waals surface area (Å²) in [6, 6.07) is 3.27. The lowest BCUT2D eigenvalue weighted by Crippen LogP contribution is -2.47. The van der Waals surface area contributed by atoms with Crippen molar-refractivity contribution in [2.45, 2.75) is 26.8 Å². The summed E-state index contributed by atoms with van der Waals surface area (Å²) in [5, 5.41) is 6.74. The molecule has 26 heavy (non-hydrogen) atoms. The summed E-state index contributed by atoms with van der Waals surface area (Å²) in [4.78, 5) is 14.9. The molecule has 6 nitrogen and oxygen atoms in total. The quantitative estimate of drug-likeness (QED) is 0.661. The number of rotatable bonds is 6. The minimum Gasteiger partial charge on any atom is -0.496 e. The highest BCUT2D eigenvalue weighted by Crippen LogP contribution is 2.39. The van der Waals surface area contributed by atoms with Crippen molar-refractivity contribution in [3.63, 3.8) is 0 Å². The summed E-state index contributed by atoms with van der Waals surface area (Å²) in [5.74, 6) is 1.23. The van der Waals surface area contributed by atoms with Crippen molar-refractivity contribution in [2.75, 3.05) is 27.3 Å². The highest BCUT2D eigenvalue weighted by Gasteiger charge is 2.34. The summed E-state index contributed by atoms with van der Waals surface area (Å²) < 4.78 is 11.7. The predicted molar refractivity (Wildman–Crippen MR) is 109 cm³/mol. The SMILES string of the molecule is CCN(CC)C(=O)C1=C(C)NC(=S)N[C@@H]1c1cc(Br)c(OC)cc1OC. The first-order chi connectivity index (χ1) is 12.4. The lowest BCUT2D eigenvalue weighted by molar-refractivity contribution is -0.127. The second-order valence-corrected chi connectivity index (χ2v) is 7.04. The van der Waals surface area contributed by atoms with Crippen molar-refractivity contribution in [3.05, 3.63) is 33.4 Å². The van der Waals surface area contributed by atoms with E-state index in [0.29, 0.717) is 35.3 Å². The van der Waals surface area contributed by atoms with Crippen molar-refractivity contribution in [1.82, 2.24) is 15.5 Å². The zero-order valence-electron chi connectivity index (χ0n) is 15.6. The Balaban J connectivity index is 2.61. The van der Waals surface area contributed by atoms with Gasteiger partial charge in [-0.3, -0.25) is 4.79 Å². The minimum atomic E-state index is -0.422. The molecule has 0 aliphatic carbocycles. The molecule has 2 N–H and O–H groups in total. The highest BCUT2D eigenvalue weighted by molar-refractivity contribution is 9.10. The van der Waals surface area contributed by atoms with E-state index in [1.54, 1.807) is 25.2 Å². The lowest BCUT2D eigenvalue weighted by Gasteiger charge is -2.33. The molecular weight excluding hydrogens is 418 g/mol. The first-order valence-electron chi connectivity index (χ1n) is 8.36. The van der Waals surface area contributed by atoms with E-state index in [0.717, 1.165) is 15.7 Å². The van der Waals surface area contributed by atoms with Gasteiger partial charge >= 0.3 is 0 Å². The maximum Gasteiger partial charge on any atom is 0.253 e. The van der Waals surface area contributed by atoms with Gasteiger partial charge in [-0.1, -0.05) is 0 Å². The normalized spacial score (nSPS) is 16.7. The number of allylic oxidation sites excluding steroid dienone is 1. The van der Waals surface area contributed by atoms with Crippen molar-refractivity contribution in [2.24, 2.45) is 0 Å². The van der Waals surface area contributed by atoms with Crippen molar-refractivity contribution < 1.29 is 14.3 Å². The molecule has 1 aliphatic rings. The van der Waals surface area contributed by atoms with E-state index in [9.17, 15) is 4.79 Å². The maximum absolute atomic E-state index is 13.1. The molecule has 1 heterocycles. The summed E-state index contributed by atoms with van der Waals surface area (Å²) in [5.41, 5.74) is 2.17. The van der Waals surface area contributed by atoms with Crippen LogP contribution < -0.4 is 20.1 Å². The third-order valence-corrected chi connectivity index (χ3v) is 5.20. The fourth-order valence-corrected chi connectivity index (χ4v) is 3.79. The van der Waals surface area contributed by atoms with Crippen LogP contribution in [0.1, 0.15) is 32.4 Å². The van der Waals surface area contributed by atoms with Gasteiger partial charge in [-0.15, -0.1) is 0 Å². The number of ether oxygens (including phenoxy) is 2. The number of carbonyl (C=O) groups excluding carboxylic acids is 1. The smallest absolute Gasteiger partial charge is 0.253 e. The van der Waals surface area contributed by atoms with Crippen LogP contribution in [0.2, 0.25) is 0 Å². The Morgan fingerprint density at radius 2 is 1.85 bits per heavy atom. The number of nitrogens with zero attached hydrogens (tertiary/aromatic N) is 1. The molecule has 0 fully saturated rings. The van der Waals surface area contributed by atoms with Crippen LogP contribution in [0.4, 0.5) is 0 Å². The van der Waals surface area contributed by atoms with Gasteiger partial charge in [0.25, 0.3) is 5.91 Å². The molecular formula is C18H24BrN3O3S. The summed E-state index contributed by atoms with van der Waals surface area (Å²) in [7, 11) is 3.19. The number of benzene rings is 1. The molecule has 0 spiro atoms. The van der Waals surface area contributed by atoms with E-state index in [-0.39, 0.29) is 5.91 Å². The van der Waals surface area contributed by atoms with Gasteiger partial charge in [0, 0.05) is 30.4 Å². The molecule has 0 unspecified atom stereocenters. The largest absolute Gasteiger partial charge is 0.496 e. The van der Waals surface area contributed by atoms with Crippen LogP contribution in [0.5, 0.6) is 11.5 Å². The molecule has 2 rings (SSSR count).